The smallest absolute Gasteiger partial charge is 0.251 e. The van der Waals surface area contributed by atoms with Crippen LogP contribution in [-0.2, 0) is 4.79 Å². The van der Waals surface area contributed by atoms with Gasteiger partial charge in [-0.1, -0.05) is 24.6 Å². The molecular formula is C16H24N2O2S. The van der Waals surface area contributed by atoms with Gasteiger partial charge in [0.05, 0.1) is 0 Å². The Hall–Kier alpha value is -1.49. The normalized spacial score (nSPS) is 11.8. The number of aryl methyl sites for hydroxylation is 1. The lowest BCUT2D eigenvalue weighted by atomic mass is 10.1. The lowest BCUT2D eigenvalue weighted by Gasteiger charge is -2.18. The minimum Gasteiger partial charge on any atom is -0.354 e. The molecule has 0 spiro atoms. The molecule has 0 bridgehead atoms. The van der Waals surface area contributed by atoms with Crippen LogP contribution in [0, 0.1) is 6.92 Å². The summed E-state index contributed by atoms with van der Waals surface area (Å²) in [4.78, 5) is 24.4. The molecule has 0 saturated carbocycles. The van der Waals surface area contributed by atoms with Gasteiger partial charge in [-0.15, -0.1) is 0 Å². The predicted molar refractivity (Wildman–Crippen MR) is 88.7 cm³/mol. The van der Waals surface area contributed by atoms with Crippen LogP contribution < -0.4 is 10.6 Å². The number of benzene rings is 1. The molecule has 2 N–H and O–H groups in total. The molecule has 1 atom stereocenters. The molecule has 0 aliphatic heterocycles. The largest absolute Gasteiger partial charge is 0.354 e. The van der Waals surface area contributed by atoms with E-state index >= 15 is 0 Å². The van der Waals surface area contributed by atoms with Crippen molar-refractivity contribution in [3.8, 4) is 0 Å². The highest BCUT2D eigenvalue weighted by Gasteiger charge is 2.20. The Morgan fingerprint density at radius 1 is 1.33 bits per heavy atom. The Bertz CT molecular complexity index is 477. The quantitative estimate of drug-likeness (QED) is 0.775. The number of thioether (sulfide) groups is 1. The first-order valence-electron chi connectivity index (χ1n) is 7.22. The Balaban J connectivity index is 2.70. The number of carbonyl (C=O) groups is 2. The molecule has 5 heteroatoms. The van der Waals surface area contributed by atoms with Gasteiger partial charge in [-0.3, -0.25) is 9.59 Å². The van der Waals surface area contributed by atoms with E-state index in [0.717, 1.165) is 17.7 Å². The fourth-order valence-electron chi connectivity index (χ4n) is 1.90. The van der Waals surface area contributed by atoms with Gasteiger partial charge in [0, 0.05) is 12.1 Å². The van der Waals surface area contributed by atoms with Crippen molar-refractivity contribution in [3.63, 3.8) is 0 Å². The van der Waals surface area contributed by atoms with Crippen LogP contribution in [0.5, 0.6) is 0 Å². The van der Waals surface area contributed by atoms with Crippen LogP contribution in [0.1, 0.15) is 35.7 Å². The molecule has 1 aromatic carbocycles. The van der Waals surface area contributed by atoms with Gasteiger partial charge >= 0.3 is 0 Å². The summed E-state index contributed by atoms with van der Waals surface area (Å²) in [5.74, 6) is 0.529. The van der Waals surface area contributed by atoms with E-state index in [1.165, 1.54) is 0 Å². The summed E-state index contributed by atoms with van der Waals surface area (Å²) in [5, 5.41) is 5.69. The number of nitrogens with one attached hydrogen (secondary N) is 2. The van der Waals surface area contributed by atoms with Gasteiger partial charge in [0.2, 0.25) is 5.91 Å². The van der Waals surface area contributed by atoms with Crippen molar-refractivity contribution >= 4 is 23.6 Å². The van der Waals surface area contributed by atoms with E-state index in [1.54, 1.807) is 17.8 Å². The average molecular weight is 308 g/mol. The fourth-order valence-corrected chi connectivity index (χ4v) is 2.38. The molecule has 1 aromatic rings. The summed E-state index contributed by atoms with van der Waals surface area (Å²) in [6.45, 7) is 4.58. The highest BCUT2D eigenvalue weighted by molar-refractivity contribution is 7.98. The summed E-state index contributed by atoms with van der Waals surface area (Å²) in [6.07, 6.45) is 3.50. The van der Waals surface area contributed by atoms with Crippen molar-refractivity contribution in [2.24, 2.45) is 0 Å². The van der Waals surface area contributed by atoms with Gasteiger partial charge < -0.3 is 10.6 Å². The maximum absolute atomic E-state index is 12.3. The summed E-state index contributed by atoms with van der Waals surface area (Å²) in [7, 11) is 0. The molecule has 0 heterocycles. The molecular weight excluding hydrogens is 284 g/mol. The van der Waals surface area contributed by atoms with E-state index in [2.05, 4.69) is 10.6 Å². The topological polar surface area (TPSA) is 58.2 Å². The molecule has 21 heavy (non-hydrogen) atoms. The van der Waals surface area contributed by atoms with Gasteiger partial charge in [0.1, 0.15) is 6.04 Å². The third-order valence-electron chi connectivity index (χ3n) is 3.06. The first-order chi connectivity index (χ1) is 10.1. The van der Waals surface area contributed by atoms with Crippen LogP contribution in [0.4, 0.5) is 0 Å². The summed E-state index contributed by atoms with van der Waals surface area (Å²) >= 11 is 1.67. The molecule has 116 valence electrons. The van der Waals surface area contributed by atoms with Crippen LogP contribution in [0.15, 0.2) is 24.3 Å². The number of hydrogen-bond acceptors (Lipinski definition) is 3. The van der Waals surface area contributed by atoms with Gasteiger partial charge in [-0.25, -0.2) is 0 Å². The van der Waals surface area contributed by atoms with Crippen molar-refractivity contribution in [3.05, 3.63) is 35.4 Å². The zero-order valence-corrected chi connectivity index (χ0v) is 13.8. The summed E-state index contributed by atoms with van der Waals surface area (Å²) in [5.41, 5.74) is 1.62. The van der Waals surface area contributed by atoms with Gasteiger partial charge in [-0.2, -0.15) is 11.8 Å². The average Bonchev–Trinajstić information content (AvgIpc) is 2.48. The standard InChI is InChI=1S/C16H24N2O2S/c1-4-9-17-16(20)14(8-10-21-3)18-15(19)13-7-5-6-12(2)11-13/h5-7,11,14H,4,8-10H2,1-3H3,(H,17,20)(H,18,19)/t14-/m0/s1. The molecule has 1 rings (SSSR count). The lowest BCUT2D eigenvalue weighted by molar-refractivity contribution is -0.123. The highest BCUT2D eigenvalue weighted by atomic mass is 32.2. The number of hydrogen-bond donors (Lipinski definition) is 2. The fraction of sp³-hybridized carbons (Fsp3) is 0.500. The summed E-state index contributed by atoms with van der Waals surface area (Å²) in [6, 6.07) is 6.90. The second-order valence-electron chi connectivity index (χ2n) is 4.97. The lowest BCUT2D eigenvalue weighted by Crippen LogP contribution is -2.47. The van der Waals surface area contributed by atoms with E-state index in [9.17, 15) is 9.59 Å². The van der Waals surface area contributed by atoms with Gasteiger partial charge in [-0.05, 0) is 43.9 Å². The Morgan fingerprint density at radius 2 is 2.10 bits per heavy atom. The molecule has 0 saturated heterocycles. The first-order valence-corrected chi connectivity index (χ1v) is 8.62. The Labute approximate surface area is 131 Å². The minimum absolute atomic E-state index is 0.105. The molecule has 0 fully saturated rings. The van der Waals surface area contributed by atoms with Gasteiger partial charge in [0.25, 0.3) is 5.91 Å². The Morgan fingerprint density at radius 3 is 2.71 bits per heavy atom. The molecule has 0 aliphatic rings. The molecule has 0 aliphatic carbocycles. The van der Waals surface area contributed by atoms with E-state index in [1.807, 2.05) is 38.3 Å². The van der Waals surface area contributed by atoms with Crippen LogP contribution in [0.25, 0.3) is 0 Å². The molecule has 2 amide bonds. The Kier molecular flexibility index (Phi) is 7.90. The minimum atomic E-state index is -0.475. The maximum atomic E-state index is 12.3. The van der Waals surface area contributed by atoms with Crippen LogP contribution in [0.3, 0.4) is 0 Å². The number of rotatable bonds is 8. The highest BCUT2D eigenvalue weighted by Crippen LogP contribution is 2.06. The van der Waals surface area contributed by atoms with Gasteiger partial charge in [0.15, 0.2) is 0 Å². The van der Waals surface area contributed by atoms with Crippen molar-refractivity contribution < 1.29 is 9.59 Å². The van der Waals surface area contributed by atoms with E-state index in [0.29, 0.717) is 18.5 Å². The third-order valence-corrected chi connectivity index (χ3v) is 3.71. The molecule has 0 unspecified atom stereocenters. The monoisotopic (exact) mass is 308 g/mol. The predicted octanol–water partition coefficient (Wildman–Crippen LogP) is 2.37. The van der Waals surface area contributed by atoms with Crippen LogP contribution in [-0.4, -0.2) is 36.4 Å². The van der Waals surface area contributed by atoms with E-state index in [4.69, 9.17) is 0 Å². The summed E-state index contributed by atoms with van der Waals surface area (Å²) < 4.78 is 0. The van der Waals surface area contributed by atoms with Crippen molar-refractivity contribution in [1.29, 1.82) is 0 Å². The van der Waals surface area contributed by atoms with Crippen molar-refractivity contribution in [1.82, 2.24) is 10.6 Å². The third kappa shape index (κ3) is 6.21. The van der Waals surface area contributed by atoms with Crippen LogP contribution in [0.2, 0.25) is 0 Å². The van der Waals surface area contributed by atoms with E-state index in [-0.39, 0.29) is 11.8 Å². The maximum Gasteiger partial charge on any atom is 0.251 e. The zero-order chi connectivity index (χ0) is 15.7. The number of amides is 2. The second kappa shape index (κ2) is 9.45. The molecule has 0 aromatic heterocycles. The molecule has 0 radical (unpaired) electrons. The SMILES string of the molecule is CCCNC(=O)[C@H](CCSC)NC(=O)c1cccc(C)c1. The first kappa shape index (κ1) is 17.6. The van der Waals surface area contributed by atoms with E-state index < -0.39 is 6.04 Å². The molecule has 4 nitrogen and oxygen atoms in total. The van der Waals surface area contributed by atoms with Crippen molar-refractivity contribution in [2.75, 3.05) is 18.6 Å². The number of carbonyl (C=O) groups excluding carboxylic acids is 2. The zero-order valence-electron chi connectivity index (χ0n) is 12.9. The second-order valence-corrected chi connectivity index (χ2v) is 5.95. The van der Waals surface area contributed by atoms with Crippen LogP contribution >= 0.6 is 11.8 Å². The van der Waals surface area contributed by atoms with Crippen molar-refractivity contribution in [2.45, 2.75) is 32.7 Å².